The minimum atomic E-state index is -3.76. The molecule has 34 heavy (non-hydrogen) atoms. The molecule has 2 aromatic carbocycles. The van der Waals surface area contributed by atoms with Gasteiger partial charge in [-0.3, -0.25) is 14.9 Å². The molecule has 1 aliphatic rings. The Balaban J connectivity index is 1.73. The summed E-state index contributed by atoms with van der Waals surface area (Å²) in [7, 11) is -3.76. The smallest absolute Gasteiger partial charge is 0.292 e. The predicted octanol–water partition coefficient (Wildman–Crippen LogP) is 2.84. The van der Waals surface area contributed by atoms with E-state index in [1.54, 1.807) is 18.2 Å². The van der Waals surface area contributed by atoms with E-state index in [0.29, 0.717) is 24.7 Å². The van der Waals surface area contributed by atoms with Crippen molar-refractivity contribution in [3.8, 4) is 5.75 Å². The van der Waals surface area contributed by atoms with Crippen LogP contribution in [-0.4, -0.2) is 62.5 Å². The first-order valence-electron chi connectivity index (χ1n) is 10.8. The minimum absolute atomic E-state index is 0.00634. The lowest BCUT2D eigenvalue weighted by molar-refractivity contribution is -0.384. The van der Waals surface area contributed by atoms with Gasteiger partial charge in [-0.05, 0) is 38.1 Å². The van der Waals surface area contributed by atoms with Gasteiger partial charge in [0, 0.05) is 32.1 Å². The summed E-state index contributed by atoms with van der Waals surface area (Å²) in [6.07, 6.45) is -0.203. The van der Waals surface area contributed by atoms with Crippen molar-refractivity contribution < 1.29 is 27.6 Å². The molecular weight excluding hydrogens is 464 g/mol. The SMILES string of the molecule is CC(C)Oc1ccc(S(=O)(=O)N2CCOCC2)cc1NC(=O)CCNc1ccccc1[N+](=O)[O-]. The van der Waals surface area contributed by atoms with E-state index in [9.17, 15) is 23.3 Å². The number of carbonyl (C=O) groups excluding carboxylic acids is 1. The zero-order valence-electron chi connectivity index (χ0n) is 19.0. The molecule has 2 N–H and O–H groups in total. The van der Waals surface area contributed by atoms with Crippen LogP contribution in [0.1, 0.15) is 20.3 Å². The zero-order chi connectivity index (χ0) is 24.7. The van der Waals surface area contributed by atoms with Gasteiger partial charge in [0.2, 0.25) is 15.9 Å². The molecule has 0 atom stereocenters. The fourth-order valence-corrected chi connectivity index (χ4v) is 4.80. The molecule has 0 bridgehead atoms. The molecule has 1 fully saturated rings. The average Bonchev–Trinajstić information content (AvgIpc) is 2.80. The van der Waals surface area contributed by atoms with Crippen molar-refractivity contribution in [3.63, 3.8) is 0 Å². The van der Waals surface area contributed by atoms with Crippen LogP contribution in [0.4, 0.5) is 17.1 Å². The van der Waals surface area contributed by atoms with Crippen molar-refractivity contribution in [1.29, 1.82) is 0 Å². The molecule has 184 valence electrons. The number of carbonyl (C=O) groups is 1. The molecule has 1 heterocycles. The number of hydrogen-bond acceptors (Lipinski definition) is 8. The second-order valence-corrected chi connectivity index (χ2v) is 9.78. The minimum Gasteiger partial charge on any atom is -0.489 e. The van der Waals surface area contributed by atoms with Crippen LogP contribution < -0.4 is 15.4 Å². The molecule has 0 aromatic heterocycles. The first-order valence-corrected chi connectivity index (χ1v) is 12.3. The molecule has 2 aromatic rings. The summed E-state index contributed by atoms with van der Waals surface area (Å²) in [5.41, 5.74) is 0.456. The number of nitro groups is 1. The van der Waals surface area contributed by atoms with E-state index >= 15 is 0 Å². The Morgan fingerprint density at radius 1 is 1.18 bits per heavy atom. The predicted molar refractivity (Wildman–Crippen MR) is 127 cm³/mol. The normalized spacial score (nSPS) is 14.6. The Hall–Kier alpha value is -3.22. The van der Waals surface area contributed by atoms with Crippen molar-refractivity contribution in [2.24, 2.45) is 0 Å². The van der Waals surface area contributed by atoms with Crippen LogP contribution in [0.25, 0.3) is 0 Å². The quantitative estimate of drug-likeness (QED) is 0.381. The van der Waals surface area contributed by atoms with Crippen LogP contribution >= 0.6 is 0 Å². The number of anilines is 2. The molecule has 0 spiro atoms. The summed E-state index contributed by atoms with van der Waals surface area (Å²) in [6.45, 7) is 4.94. The molecule has 0 saturated carbocycles. The first kappa shape index (κ1) is 25.4. The topological polar surface area (TPSA) is 140 Å². The molecule has 0 radical (unpaired) electrons. The van der Waals surface area contributed by atoms with Crippen LogP contribution in [0.2, 0.25) is 0 Å². The lowest BCUT2D eigenvalue weighted by Gasteiger charge is -2.26. The van der Waals surface area contributed by atoms with Crippen molar-refractivity contribution in [2.45, 2.75) is 31.3 Å². The number of morpholine rings is 1. The van der Waals surface area contributed by atoms with Gasteiger partial charge in [0.1, 0.15) is 11.4 Å². The van der Waals surface area contributed by atoms with Crippen molar-refractivity contribution >= 4 is 33.0 Å². The standard InChI is InChI=1S/C22H28N4O7S/c1-16(2)33-21-8-7-17(34(30,31)25-11-13-32-14-12-25)15-19(21)24-22(27)9-10-23-18-5-3-4-6-20(18)26(28)29/h3-8,15-16,23H,9-14H2,1-2H3,(H,24,27). The number of sulfonamides is 1. The van der Waals surface area contributed by atoms with Gasteiger partial charge >= 0.3 is 0 Å². The maximum atomic E-state index is 13.0. The van der Waals surface area contributed by atoms with E-state index in [0.717, 1.165) is 0 Å². The van der Waals surface area contributed by atoms with Crippen molar-refractivity contribution in [3.05, 3.63) is 52.6 Å². The maximum Gasteiger partial charge on any atom is 0.292 e. The van der Waals surface area contributed by atoms with Gasteiger partial charge in [0.25, 0.3) is 5.69 Å². The molecule has 0 aliphatic carbocycles. The van der Waals surface area contributed by atoms with Gasteiger partial charge in [-0.25, -0.2) is 8.42 Å². The summed E-state index contributed by atoms with van der Waals surface area (Å²) in [6, 6.07) is 10.5. The number of amides is 1. The number of nitrogens with one attached hydrogen (secondary N) is 2. The second kappa shape index (κ2) is 11.3. The van der Waals surface area contributed by atoms with E-state index in [4.69, 9.17) is 9.47 Å². The fraction of sp³-hybridized carbons (Fsp3) is 0.409. The van der Waals surface area contributed by atoms with Gasteiger partial charge in [-0.2, -0.15) is 4.31 Å². The summed E-state index contributed by atoms with van der Waals surface area (Å²) < 4.78 is 38.4. The average molecular weight is 493 g/mol. The number of nitrogens with zero attached hydrogens (tertiary/aromatic N) is 2. The van der Waals surface area contributed by atoms with Crippen molar-refractivity contribution in [1.82, 2.24) is 4.31 Å². The molecule has 11 nitrogen and oxygen atoms in total. The summed E-state index contributed by atoms with van der Waals surface area (Å²) >= 11 is 0. The van der Waals surface area contributed by atoms with E-state index in [1.807, 2.05) is 13.8 Å². The third-order valence-electron chi connectivity index (χ3n) is 4.96. The maximum absolute atomic E-state index is 13.0. The fourth-order valence-electron chi connectivity index (χ4n) is 3.37. The zero-order valence-corrected chi connectivity index (χ0v) is 19.8. The molecule has 12 heteroatoms. The Bertz CT molecular complexity index is 1130. The van der Waals surface area contributed by atoms with E-state index < -0.39 is 20.9 Å². The number of benzene rings is 2. The Labute approximate surface area is 198 Å². The molecule has 1 amide bonds. The van der Waals surface area contributed by atoms with E-state index in [2.05, 4.69) is 10.6 Å². The third-order valence-corrected chi connectivity index (χ3v) is 6.86. The lowest BCUT2D eigenvalue weighted by Crippen LogP contribution is -2.40. The lowest BCUT2D eigenvalue weighted by atomic mass is 10.2. The van der Waals surface area contributed by atoms with Gasteiger partial charge in [-0.1, -0.05) is 12.1 Å². The Morgan fingerprint density at radius 2 is 1.88 bits per heavy atom. The third kappa shape index (κ3) is 6.43. The van der Waals surface area contributed by atoms with E-state index in [1.165, 1.54) is 28.6 Å². The van der Waals surface area contributed by atoms with Crippen LogP contribution in [-0.2, 0) is 19.6 Å². The number of rotatable bonds is 10. The highest BCUT2D eigenvalue weighted by Crippen LogP contribution is 2.30. The van der Waals surface area contributed by atoms with Gasteiger partial charge < -0.3 is 20.1 Å². The van der Waals surface area contributed by atoms with Crippen LogP contribution in [0, 0.1) is 10.1 Å². The number of hydrogen-bond donors (Lipinski definition) is 2. The van der Waals surface area contributed by atoms with Crippen LogP contribution in [0.3, 0.4) is 0 Å². The monoisotopic (exact) mass is 492 g/mol. The Kier molecular flexibility index (Phi) is 8.42. The number of nitro benzene ring substituents is 1. The highest BCUT2D eigenvalue weighted by Gasteiger charge is 2.27. The summed E-state index contributed by atoms with van der Waals surface area (Å²) in [5.74, 6) is -0.0588. The molecule has 0 unspecified atom stereocenters. The number of para-hydroxylation sites is 2. The molecule has 1 aliphatic heterocycles. The van der Waals surface area contributed by atoms with E-state index in [-0.39, 0.29) is 48.4 Å². The van der Waals surface area contributed by atoms with Gasteiger partial charge in [0.15, 0.2) is 0 Å². The number of ether oxygens (including phenoxy) is 2. The van der Waals surface area contributed by atoms with Crippen LogP contribution in [0.5, 0.6) is 5.75 Å². The van der Waals surface area contributed by atoms with Crippen LogP contribution in [0.15, 0.2) is 47.4 Å². The molecule has 1 saturated heterocycles. The molecule has 3 rings (SSSR count). The highest BCUT2D eigenvalue weighted by atomic mass is 32.2. The van der Waals surface area contributed by atoms with Gasteiger partial charge in [0.05, 0.1) is 34.8 Å². The second-order valence-electron chi connectivity index (χ2n) is 7.84. The largest absolute Gasteiger partial charge is 0.489 e. The summed E-state index contributed by atoms with van der Waals surface area (Å²) in [5, 5.41) is 16.7. The van der Waals surface area contributed by atoms with Crippen molar-refractivity contribution in [2.75, 3.05) is 43.5 Å². The van der Waals surface area contributed by atoms with Gasteiger partial charge in [-0.15, -0.1) is 0 Å². The highest BCUT2D eigenvalue weighted by molar-refractivity contribution is 7.89. The first-order chi connectivity index (χ1) is 16.2. The summed E-state index contributed by atoms with van der Waals surface area (Å²) in [4.78, 5) is 23.3. The Morgan fingerprint density at radius 3 is 2.56 bits per heavy atom. The molecular formula is C22H28N4O7S.